The monoisotopic (exact) mass is 319 g/mol. The maximum atomic E-state index is 12.8. The summed E-state index contributed by atoms with van der Waals surface area (Å²) in [5, 5.41) is 2.24. The second-order valence-corrected chi connectivity index (χ2v) is 7.46. The predicted octanol–water partition coefficient (Wildman–Crippen LogP) is 2.79. The fourth-order valence-corrected chi connectivity index (χ4v) is 4.11. The van der Waals surface area contributed by atoms with Crippen LogP contribution in [0.5, 0.6) is 0 Å². The number of quaternary nitrogens is 1. The third-order valence-electron chi connectivity index (χ3n) is 5.76. The topological polar surface area (TPSA) is 66.5 Å². The lowest BCUT2D eigenvalue weighted by Crippen LogP contribution is -2.97. The minimum Gasteiger partial charge on any atom is -0.355 e. The van der Waals surface area contributed by atoms with E-state index in [0.29, 0.717) is 23.2 Å². The van der Waals surface area contributed by atoms with Crippen LogP contribution < -0.4 is 5.32 Å². The van der Waals surface area contributed by atoms with Crippen LogP contribution in [0.25, 0.3) is 0 Å². The molecule has 0 radical (unpaired) electrons. The third-order valence-corrected chi connectivity index (χ3v) is 5.76. The summed E-state index contributed by atoms with van der Waals surface area (Å²) in [5.74, 6) is 1.48. The minimum atomic E-state index is -0.121. The Bertz CT molecular complexity index is 603. The molecule has 1 aromatic heterocycles. The highest BCUT2D eigenvalue weighted by Gasteiger charge is 2.33. The van der Waals surface area contributed by atoms with E-state index in [1.54, 1.807) is 6.92 Å². The van der Waals surface area contributed by atoms with Crippen LogP contribution in [0, 0.1) is 25.7 Å². The molecule has 1 fully saturated rings. The standard InChI is InChI=1S/C19H30N2O2/c1-10-8-7-9-16(11(10)2)20-14(5)19(23)18-12(3)17(15(6)22)13(4)21-18/h10-11,14,16,20-21H,7-9H2,1-6H3/p+1/t10-,11-,14-,16-/m0/s1. The molecule has 3 N–H and O–H groups in total. The Morgan fingerprint density at radius 1 is 1.22 bits per heavy atom. The SMILES string of the molecule is CC(=O)c1c(C)[nH]c(C(=O)[C@H](C)[NH2+][C@H]2CCC[C@H](C)[C@@H]2C)c1C. The zero-order valence-corrected chi connectivity index (χ0v) is 15.3. The molecule has 4 heteroatoms. The van der Waals surface area contributed by atoms with E-state index < -0.39 is 0 Å². The van der Waals surface area contributed by atoms with Crippen LogP contribution in [0.1, 0.15) is 79.1 Å². The van der Waals surface area contributed by atoms with E-state index in [2.05, 4.69) is 24.1 Å². The summed E-state index contributed by atoms with van der Waals surface area (Å²) in [6, 6.07) is 0.394. The van der Waals surface area contributed by atoms with E-state index in [1.165, 1.54) is 19.3 Å². The number of hydrogen-bond acceptors (Lipinski definition) is 2. The van der Waals surface area contributed by atoms with Gasteiger partial charge in [0.1, 0.15) is 6.04 Å². The van der Waals surface area contributed by atoms with Gasteiger partial charge in [-0.15, -0.1) is 0 Å². The van der Waals surface area contributed by atoms with Crippen molar-refractivity contribution in [2.75, 3.05) is 0 Å². The number of rotatable bonds is 5. The normalized spacial score (nSPS) is 26.1. The number of Topliss-reactive ketones (excluding diaryl/α,β-unsaturated/α-hetero) is 2. The van der Waals surface area contributed by atoms with Gasteiger partial charge in [-0.25, -0.2) is 0 Å². The highest BCUT2D eigenvalue weighted by atomic mass is 16.1. The van der Waals surface area contributed by atoms with Crippen LogP contribution in [0.2, 0.25) is 0 Å². The molecule has 1 aromatic rings. The van der Waals surface area contributed by atoms with Crippen molar-refractivity contribution in [1.29, 1.82) is 0 Å². The number of carbonyl (C=O) groups is 2. The summed E-state index contributed by atoms with van der Waals surface area (Å²) >= 11 is 0. The Hall–Kier alpha value is -1.42. The van der Waals surface area contributed by atoms with Gasteiger partial charge in [0.2, 0.25) is 5.78 Å². The second kappa shape index (κ2) is 7.00. The maximum absolute atomic E-state index is 12.8. The Morgan fingerprint density at radius 2 is 1.87 bits per heavy atom. The second-order valence-electron chi connectivity index (χ2n) is 7.46. The van der Waals surface area contributed by atoms with Crippen molar-refractivity contribution in [1.82, 2.24) is 4.98 Å². The largest absolute Gasteiger partial charge is 0.355 e. The lowest BCUT2D eigenvalue weighted by Gasteiger charge is -2.33. The first kappa shape index (κ1) is 17.9. The van der Waals surface area contributed by atoms with Gasteiger partial charge in [-0.1, -0.05) is 13.8 Å². The Kier molecular flexibility index (Phi) is 5.45. The molecule has 0 aromatic carbocycles. The molecule has 0 spiro atoms. The van der Waals surface area contributed by atoms with Gasteiger partial charge in [0.25, 0.3) is 0 Å². The molecule has 2 rings (SSSR count). The van der Waals surface area contributed by atoms with Crippen LogP contribution in [-0.2, 0) is 0 Å². The molecule has 0 saturated heterocycles. The molecule has 128 valence electrons. The highest BCUT2D eigenvalue weighted by molar-refractivity contribution is 6.04. The summed E-state index contributed by atoms with van der Waals surface area (Å²) in [7, 11) is 0. The molecule has 4 atom stereocenters. The van der Waals surface area contributed by atoms with Crippen molar-refractivity contribution in [3.63, 3.8) is 0 Å². The highest BCUT2D eigenvalue weighted by Crippen LogP contribution is 2.27. The van der Waals surface area contributed by atoms with Gasteiger partial charge >= 0.3 is 0 Å². The summed E-state index contributed by atoms with van der Waals surface area (Å²) in [6.07, 6.45) is 3.73. The van der Waals surface area contributed by atoms with E-state index in [0.717, 1.165) is 17.2 Å². The molecule has 4 nitrogen and oxygen atoms in total. The van der Waals surface area contributed by atoms with Crippen molar-refractivity contribution in [3.8, 4) is 0 Å². The molecule has 0 unspecified atom stereocenters. The smallest absolute Gasteiger partial charge is 0.235 e. The quantitative estimate of drug-likeness (QED) is 0.820. The van der Waals surface area contributed by atoms with Gasteiger partial charge in [0.15, 0.2) is 5.78 Å². The van der Waals surface area contributed by atoms with Crippen LogP contribution in [0.15, 0.2) is 0 Å². The van der Waals surface area contributed by atoms with Gasteiger partial charge < -0.3 is 10.3 Å². The average molecular weight is 319 g/mol. The summed E-state index contributed by atoms with van der Waals surface area (Å²) < 4.78 is 0. The number of aromatic nitrogens is 1. The lowest BCUT2D eigenvalue weighted by molar-refractivity contribution is -0.714. The zero-order chi connectivity index (χ0) is 17.3. The first-order chi connectivity index (χ1) is 10.7. The number of aryl methyl sites for hydroxylation is 1. The Morgan fingerprint density at radius 3 is 2.43 bits per heavy atom. The Labute approximate surface area is 139 Å². The van der Waals surface area contributed by atoms with Crippen LogP contribution in [0.4, 0.5) is 0 Å². The van der Waals surface area contributed by atoms with Crippen LogP contribution in [0.3, 0.4) is 0 Å². The number of nitrogens with one attached hydrogen (secondary N) is 1. The van der Waals surface area contributed by atoms with E-state index in [-0.39, 0.29) is 17.6 Å². The van der Waals surface area contributed by atoms with Crippen LogP contribution >= 0.6 is 0 Å². The van der Waals surface area contributed by atoms with E-state index in [1.807, 2.05) is 20.8 Å². The average Bonchev–Trinajstić information content (AvgIpc) is 2.78. The van der Waals surface area contributed by atoms with Crippen molar-refractivity contribution in [2.24, 2.45) is 11.8 Å². The fraction of sp³-hybridized carbons (Fsp3) is 0.684. The number of nitrogens with two attached hydrogens (primary N) is 1. The first-order valence-electron chi connectivity index (χ1n) is 8.83. The Balaban J connectivity index is 2.14. The number of hydrogen-bond donors (Lipinski definition) is 2. The fourth-order valence-electron chi connectivity index (χ4n) is 4.11. The van der Waals surface area contributed by atoms with Gasteiger partial charge in [-0.3, -0.25) is 9.59 Å². The summed E-state index contributed by atoms with van der Waals surface area (Å²) in [5.41, 5.74) is 2.86. The van der Waals surface area contributed by atoms with Crippen LogP contribution in [-0.4, -0.2) is 28.6 Å². The maximum Gasteiger partial charge on any atom is 0.235 e. The number of ketones is 2. The summed E-state index contributed by atoms with van der Waals surface area (Å²) in [6.45, 7) is 11.9. The molecule has 0 bridgehead atoms. The molecule has 23 heavy (non-hydrogen) atoms. The molecule has 1 saturated carbocycles. The van der Waals surface area contributed by atoms with Crippen molar-refractivity contribution >= 4 is 11.6 Å². The van der Waals surface area contributed by atoms with E-state index >= 15 is 0 Å². The first-order valence-corrected chi connectivity index (χ1v) is 8.83. The third kappa shape index (κ3) is 3.57. The molecular formula is C19H31N2O2+. The van der Waals surface area contributed by atoms with E-state index in [4.69, 9.17) is 0 Å². The minimum absolute atomic E-state index is 0.0154. The van der Waals surface area contributed by atoms with Crippen molar-refractivity contribution in [3.05, 3.63) is 22.5 Å². The predicted molar refractivity (Wildman–Crippen MR) is 92.0 cm³/mol. The van der Waals surface area contributed by atoms with Gasteiger partial charge in [-0.05, 0) is 58.4 Å². The number of aromatic amines is 1. The summed E-state index contributed by atoms with van der Waals surface area (Å²) in [4.78, 5) is 27.7. The van der Waals surface area contributed by atoms with Gasteiger partial charge in [-0.2, -0.15) is 0 Å². The number of H-pyrrole nitrogens is 1. The molecule has 1 aliphatic carbocycles. The van der Waals surface area contributed by atoms with Gasteiger partial charge in [0, 0.05) is 17.2 Å². The molecule has 0 amide bonds. The molecular weight excluding hydrogens is 288 g/mol. The molecule has 1 heterocycles. The molecule has 0 aliphatic heterocycles. The van der Waals surface area contributed by atoms with Crippen molar-refractivity contribution in [2.45, 2.75) is 72.9 Å². The van der Waals surface area contributed by atoms with Crippen molar-refractivity contribution < 1.29 is 14.9 Å². The lowest BCUT2D eigenvalue weighted by atomic mass is 9.77. The zero-order valence-electron chi connectivity index (χ0n) is 15.3. The van der Waals surface area contributed by atoms with Gasteiger partial charge in [0.05, 0.1) is 11.7 Å². The van der Waals surface area contributed by atoms with E-state index in [9.17, 15) is 9.59 Å². The molecule has 1 aliphatic rings. The number of carbonyl (C=O) groups excluding carboxylic acids is 2.